The number of amides is 1. The molecule has 3 aromatic rings. The summed E-state index contributed by atoms with van der Waals surface area (Å²) in [4.78, 5) is 13.0. The summed E-state index contributed by atoms with van der Waals surface area (Å²) in [6.07, 6.45) is 3.98. The Morgan fingerprint density at radius 3 is 2.64 bits per heavy atom. The molecule has 2 fully saturated rings. The van der Waals surface area contributed by atoms with Gasteiger partial charge in [0.25, 0.3) is 5.91 Å². The number of thioether (sulfide) groups is 1. The van der Waals surface area contributed by atoms with E-state index in [0.717, 1.165) is 34.5 Å². The maximum absolute atomic E-state index is 13.0. The highest BCUT2D eigenvalue weighted by atomic mass is 35.5. The van der Waals surface area contributed by atoms with E-state index in [2.05, 4.69) is 53.1 Å². The second-order valence-corrected chi connectivity index (χ2v) is 12.2. The first-order chi connectivity index (χ1) is 17.6. The summed E-state index contributed by atoms with van der Waals surface area (Å²) in [6.45, 7) is 0.632. The van der Waals surface area contributed by atoms with Crippen LogP contribution in [0.3, 0.4) is 0 Å². The van der Waals surface area contributed by atoms with Crippen LogP contribution in [0.4, 0.5) is 5.69 Å². The van der Waals surface area contributed by atoms with Crippen molar-refractivity contribution in [2.24, 2.45) is 17.8 Å². The van der Waals surface area contributed by atoms with Crippen LogP contribution in [0.25, 0.3) is 0 Å². The largest absolute Gasteiger partial charge is 0.378 e. The molecule has 0 saturated heterocycles. The highest BCUT2D eigenvalue weighted by Crippen LogP contribution is 2.63. The van der Waals surface area contributed by atoms with Gasteiger partial charge in [0.05, 0.1) is 16.1 Å². The maximum atomic E-state index is 13.0. The van der Waals surface area contributed by atoms with Crippen LogP contribution in [-0.2, 0) is 5.75 Å². The molecule has 2 aliphatic carbocycles. The minimum absolute atomic E-state index is 0.0119. The van der Waals surface area contributed by atoms with Crippen LogP contribution in [0.1, 0.15) is 58.3 Å². The average Bonchev–Trinajstić information content (AvgIpc) is 3.53. The molecule has 36 heavy (non-hydrogen) atoms. The Labute approximate surface area is 227 Å². The zero-order chi connectivity index (χ0) is 24.6. The Bertz CT molecular complexity index is 1270. The minimum atomic E-state index is 0.0119. The fourth-order valence-electron chi connectivity index (χ4n) is 6.78. The van der Waals surface area contributed by atoms with E-state index in [1.807, 2.05) is 24.3 Å². The molecule has 6 rings (SSSR count). The van der Waals surface area contributed by atoms with Gasteiger partial charge in [0.2, 0.25) is 0 Å². The Morgan fingerprint density at radius 2 is 1.81 bits per heavy atom. The van der Waals surface area contributed by atoms with Gasteiger partial charge in [0.1, 0.15) is 0 Å². The predicted molar refractivity (Wildman–Crippen MR) is 151 cm³/mol. The van der Waals surface area contributed by atoms with Gasteiger partial charge in [0.15, 0.2) is 0 Å². The minimum Gasteiger partial charge on any atom is -0.378 e. The monoisotopic (exact) mass is 536 g/mol. The summed E-state index contributed by atoms with van der Waals surface area (Å²) in [5.74, 6) is 4.35. The number of benzene rings is 3. The Morgan fingerprint density at radius 1 is 0.972 bits per heavy atom. The first-order valence-electron chi connectivity index (χ1n) is 12.8. The lowest BCUT2D eigenvalue weighted by Gasteiger charge is -2.43. The van der Waals surface area contributed by atoms with Gasteiger partial charge in [-0.2, -0.15) is 11.8 Å². The lowest BCUT2D eigenvalue weighted by atomic mass is 9.68. The number of rotatable bonds is 7. The Hall–Kier alpha value is -2.14. The second-order valence-electron chi connectivity index (χ2n) is 10.3. The molecule has 1 heterocycles. The molecule has 6 heteroatoms. The van der Waals surface area contributed by atoms with Crippen molar-refractivity contribution in [1.29, 1.82) is 0 Å². The second kappa shape index (κ2) is 10.3. The van der Waals surface area contributed by atoms with Crippen molar-refractivity contribution < 1.29 is 4.79 Å². The number of halogens is 2. The topological polar surface area (TPSA) is 41.1 Å². The molecule has 2 saturated carbocycles. The van der Waals surface area contributed by atoms with Gasteiger partial charge in [-0.1, -0.05) is 59.6 Å². The third-order valence-corrected chi connectivity index (χ3v) is 10.1. The van der Waals surface area contributed by atoms with E-state index in [1.165, 1.54) is 36.1 Å². The summed E-state index contributed by atoms with van der Waals surface area (Å²) in [5.41, 5.74) is 5.83. The van der Waals surface area contributed by atoms with Gasteiger partial charge in [-0.15, -0.1) is 0 Å². The van der Waals surface area contributed by atoms with Crippen LogP contribution >= 0.6 is 35.0 Å². The average molecular weight is 538 g/mol. The third kappa shape index (κ3) is 4.64. The number of fused-ring (bicyclic) bond motifs is 7. The summed E-state index contributed by atoms with van der Waals surface area (Å²) in [5, 5.41) is 8.13. The van der Waals surface area contributed by atoms with Crippen molar-refractivity contribution >= 4 is 46.6 Å². The van der Waals surface area contributed by atoms with E-state index in [-0.39, 0.29) is 5.91 Å². The third-order valence-electron chi connectivity index (χ3n) is 8.29. The van der Waals surface area contributed by atoms with E-state index in [4.69, 9.17) is 23.2 Å². The van der Waals surface area contributed by atoms with Crippen LogP contribution in [-0.4, -0.2) is 18.2 Å². The van der Waals surface area contributed by atoms with Crippen molar-refractivity contribution in [2.75, 3.05) is 17.6 Å². The van der Waals surface area contributed by atoms with Crippen LogP contribution in [0.5, 0.6) is 0 Å². The van der Waals surface area contributed by atoms with Gasteiger partial charge in [-0.05, 0) is 90.0 Å². The molecule has 1 aliphatic heterocycles. The van der Waals surface area contributed by atoms with Crippen molar-refractivity contribution in [1.82, 2.24) is 5.32 Å². The van der Waals surface area contributed by atoms with Crippen molar-refractivity contribution in [2.45, 2.75) is 37.0 Å². The van der Waals surface area contributed by atoms with Gasteiger partial charge in [-0.25, -0.2) is 0 Å². The highest BCUT2D eigenvalue weighted by Gasteiger charge is 2.53. The van der Waals surface area contributed by atoms with Crippen molar-refractivity contribution in [3.05, 3.63) is 99.0 Å². The molecule has 2 bridgehead atoms. The van der Waals surface area contributed by atoms with Crippen LogP contribution in [0.2, 0.25) is 10.0 Å². The standard InChI is InChI=1S/C30H30Cl2N2OS/c31-24-10-6-18(14-25(24)32)17-36-13-12-33-30(35)22-9-11-26-23(16-22)27-20-7-8-21(15-20)28(27)29(34-26)19-4-2-1-3-5-19/h1-6,9-11,14,16,20-21,27-29,34H,7-8,12-13,15,17H2,(H,33,35)/t20-,21-,27-,28-,29+/m0/s1. The number of hydrogen-bond donors (Lipinski definition) is 2. The first-order valence-corrected chi connectivity index (χ1v) is 14.7. The molecule has 186 valence electrons. The Kier molecular flexibility index (Phi) is 6.94. The van der Waals surface area contributed by atoms with E-state index in [9.17, 15) is 4.79 Å². The number of nitrogens with one attached hydrogen (secondary N) is 2. The van der Waals surface area contributed by atoms with Crippen molar-refractivity contribution in [3.8, 4) is 0 Å². The smallest absolute Gasteiger partial charge is 0.251 e. The summed E-state index contributed by atoms with van der Waals surface area (Å²) >= 11 is 13.9. The lowest BCUT2D eigenvalue weighted by Crippen LogP contribution is -2.35. The Balaban J connectivity index is 1.12. The number of carbonyl (C=O) groups is 1. The molecule has 0 spiro atoms. The van der Waals surface area contributed by atoms with Gasteiger partial charge in [-0.3, -0.25) is 4.79 Å². The molecule has 0 unspecified atom stereocenters. The summed E-state index contributed by atoms with van der Waals surface area (Å²) in [7, 11) is 0. The van der Waals surface area contributed by atoms with Crippen LogP contribution in [0, 0.1) is 17.8 Å². The fourth-order valence-corrected chi connectivity index (χ4v) is 7.90. The zero-order valence-electron chi connectivity index (χ0n) is 20.1. The molecule has 5 atom stereocenters. The molecule has 3 aliphatic rings. The molecular weight excluding hydrogens is 507 g/mol. The summed E-state index contributed by atoms with van der Waals surface area (Å²) < 4.78 is 0. The van der Waals surface area contributed by atoms with Crippen LogP contribution < -0.4 is 10.6 Å². The fraction of sp³-hybridized carbons (Fsp3) is 0.367. The highest BCUT2D eigenvalue weighted by molar-refractivity contribution is 7.98. The van der Waals surface area contributed by atoms with E-state index >= 15 is 0 Å². The summed E-state index contributed by atoms with van der Waals surface area (Å²) in [6, 6.07) is 23.2. The SMILES string of the molecule is O=C(NCCSCc1ccc(Cl)c(Cl)c1)c1ccc2c(c1)[C@@H]1[C@H]3CC[C@@H](C3)[C@@H]1[C@@H](c1ccccc1)N2. The first kappa shape index (κ1) is 24.2. The molecule has 3 nitrogen and oxygen atoms in total. The van der Waals surface area contributed by atoms with E-state index in [1.54, 1.807) is 11.8 Å². The van der Waals surface area contributed by atoms with Gasteiger partial charge in [0, 0.05) is 29.3 Å². The number of carbonyl (C=O) groups excluding carboxylic acids is 1. The van der Waals surface area contributed by atoms with Crippen molar-refractivity contribution in [3.63, 3.8) is 0 Å². The molecule has 1 amide bonds. The zero-order valence-corrected chi connectivity index (χ0v) is 22.4. The molecule has 2 N–H and O–H groups in total. The van der Waals surface area contributed by atoms with Gasteiger partial charge >= 0.3 is 0 Å². The molecule has 3 aromatic carbocycles. The molecule has 0 aromatic heterocycles. The maximum Gasteiger partial charge on any atom is 0.251 e. The number of anilines is 1. The lowest BCUT2D eigenvalue weighted by molar-refractivity contribution is 0.0956. The normalized spacial score (nSPS) is 25.7. The van der Waals surface area contributed by atoms with E-state index < -0.39 is 0 Å². The predicted octanol–water partition coefficient (Wildman–Crippen LogP) is 7.95. The van der Waals surface area contributed by atoms with Gasteiger partial charge < -0.3 is 10.6 Å². The quantitative estimate of drug-likeness (QED) is 0.301. The van der Waals surface area contributed by atoms with Crippen LogP contribution in [0.15, 0.2) is 66.7 Å². The van der Waals surface area contributed by atoms with E-state index in [0.29, 0.717) is 34.5 Å². The number of hydrogen-bond acceptors (Lipinski definition) is 3. The molecule has 0 radical (unpaired) electrons. The molecular formula is C30H30Cl2N2OS.